The van der Waals surface area contributed by atoms with Crippen LogP contribution in [0.4, 0.5) is 19.1 Å². The summed E-state index contributed by atoms with van der Waals surface area (Å²) in [6.07, 6.45) is -4.35. The normalized spacial score (nSPS) is 15.2. The number of amides is 2. The number of carbonyl (C=O) groups is 2. The van der Waals surface area contributed by atoms with Crippen molar-refractivity contribution in [3.05, 3.63) is 41.2 Å². The minimum atomic E-state index is -4.69. The summed E-state index contributed by atoms with van der Waals surface area (Å²) in [5.41, 5.74) is 1.33. The van der Waals surface area contributed by atoms with Crippen LogP contribution in [-0.2, 0) is 17.5 Å². The summed E-state index contributed by atoms with van der Waals surface area (Å²) >= 11 is 0. The summed E-state index contributed by atoms with van der Waals surface area (Å²) < 4.78 is 37.9. The molecule has 7 nitrogen and oxygen atoms in total. The van der Waals surface area contributed by atoms with Crippen LogP contribution in [0.3, 0.4) is 0 Å². The second-order valence-corrected chi connectivity index (χ2v) is 6.73. The molecule has 3 rings (SSSR count). The molecule has 2 aromatic rings. The van der Waals surface area contributed by atoms with Gasteiger partial charge < -0.3 is 4.90 Å². The van der Waals surface area contributed by atoms with E-state index in [1.54, 1.807) is 23.3 Å². The molecule has 27 heavy (non-hydrogen) atoms. The lowest BCUT2D eigenvalue weighted by atomic mass is 10.0. The molecule has 2 heterocycles. The molecule has 0 saturated carbocycles. The van der Waals surface area contributed by atoms with Crippen molar-refractivity contribution in [2.75, 3.05) is 5.32 Å². The van der Waals surface area contributed by atoms with Crippen LogP contribution in [0.2, 0.25) is 0 Å². The topological polar surface area (TPSA) is 91.0 Å². The van der Waals surface area contributed by atoms with E-state index in [9.17, 15) is 22.8 Å². The van der Waals surface area contributed by atoms with Crippen molar-refractivity contribution in [1.82, 2.24) is 20.1 Å². The van der Waals surface area contributed by atoms with E-state index in [2.05, 4.69) is 15.4 Å². The number of carbonyl (C=O) groups excluding carboxylic acids is 2. The maximum absolute atomic E-state index is 12.7. The first-order chi connectivity index (χ1) is 12.7. The standard InChI is InChI=1S/C17H18F3N5O2/c1-9(2)7-12(25-8-10-5-3-4-6-11(10)14(25)27)13(26)21-16-22-15(23-24-16)17(18,19)20/h3-6,9,12H,7-8H2,1-2H3,(H2,21,22,23,24,26). The number of hydrogen-bond acceptors (Lipinski definition) is 4. The third-order valence-electron chi connectivity index (χ3n) is 4.21. The van der Waals surface area contributed by atoms with E-state index in [-0.39, 0.29) is 18.4 Å². The molecule has 2 N–H and O–H groups in total. The second-order valence-electron chi connectivity index (χ2n) is 6.73. The number of aromatic nitrogens is 3. The zero-order chi connectivity index (χ0) is 19.8. The summed E-state index contributed by atoms with van der Waals surface area (Å²) in [6, 6.07) is 6.19. The molecule has 1 aliphatic heterocycles. The Balaban J connectivity index is 1.80. The molecule has 1 unspecified atom stereocenters. The van der Waals surface area contributed by atoms with Gasteiger partial charge in [-0.05, 0) is 24.0 Å². The highest BCUT2D eigenvalue weighted by Crippen LogP contribution is 2.28. The summed E-state index contributed by atoms with van der Waals surface area (Å²) in [5.74, 6) is -2.61. The van der Waals surface area contributed by atoms with Crippen molar-refractivity contribution in [2.45, 2.75) is 39.0 Å². The molecule has 1 aromatic carbocycles. The van der Waals surface area contributed by atoms with Crippen molar-refractivity contribution in [3.8, 4) is 0 Å². The predicted molar refractivity (Wildman–Crippen MR) is 89.6 cm³/mol. The summed E-state index contributed by atoms with van der Waals surface area (Å²) in [4.78, 5) is 30.1. The van der Waals surface area contributed by atoms with Crippen LogP contribution < -0.4 is 5.32 Å². The number of aromatic amines is 1. The summed E-state index contributed by atoms with van der Waals surface area (Å²) in [5, 5.41) is 7.40. The molecule has 1 atom stereocenters. The number of nitrogens with one attached hydrogen (secondary N) is 2. The lowest BCUT2D eigenvalue weighted by Gasteiger charge is -2.27. The Morgan fingerprint density at radius 3 is 2.63 bits per heavy atom. The number of hydrogen-bond donors (Lipinski definition) is 2. The number of alkyl halides is 3. The zero-order valence-electron chi connectivity index (χ0n) is 14.7. The highest BCUT2D eigenvalue weighted by molar-refractivity contribution is 6.03. The average Bonchev–Trinajstić information content (AvgIpc) is 3.18. The Hall–Kier alpha value is -2.91. The molecule has 0 fully saturated rings. The van der Waals surface area contributed by atoms with Gasteiger partial charge in [-0.3, -0.25) is 20.0 Å². The number of anilines is 1. The number of rotatable bonds is 5. The van der Waals surface area contributed by atoms with E-state index < -0.39 is 29.9 Å². The number of halogens is 3. The molecule has 0 aliphatic carbocycles. The van der Waals surface area contributed by atoms with Crippen LogP contribution in [0.25, 0.3) is 0 Å². The largest absolute Gasteiger partial charge is 0.451 e. The van der Waals surface area contributed by atoms with Gasteiger partial charge in [-0.15, -0.1) is 5.10 Å². The molecule has 0 radical (unpaired) electrons. The maximum Gasteiger partial charge on any atom is 0.451 e. The molecular weight excluding hydrogens is 363 g/mol. The first-order valence-electron chi connectivity index (χ1n) is 8.36. The zero-order valence-corrected chi connectivity index (χ0v) is 14.7. The molecule has 2 amide bonds. The second kappa shape index (κ2) is 7.01. The fourth-order valence-electron chi connectivity index (χ4n) is 2.99. The van der Waals surface area contributed by atoms with Crippen LogP contribution in [0.1, 0.15) is 42.0 Å². The monoisotopic (exact) mass is 381 g/mol. The van der Waals surface area contributed by atoms with Gasteiger partial charge in [0.15, 0.2) is 0 Å². The van der Waals surface area contributed by atoms with Crippen molar-refractivity contribution in [2.24, 2.45) is 5.92 Å². The molecule has 10 heteroatoms. The number of H-pyrrole nitrogens is 1. The van der Waals surface area contributed by atoms with Gasteiger partial charge >= 0.3 is 6.18 Å². The highest BCUT2D eigenvalue weighted by atomic mass is 19.4. The van der Waals surface area contributed by atoms with Crippen molar-refractivity contribution < 1.29 is 22.8 Å². The minimum Gasteiger partial charge on any atom is -0.322 e. The number of fused-ring (bicyclic) bond motifs is 1. The van der Waals surface area contributed by atoms with Gasteiger partial charge in [0.1, 0.15) is 6.04 Å². The minimum absolute atomic E-state index is 0.0788. The van der Waals surface area contributed by atoms with Crippen LogP contribution in [0, 0.1) is 5.92 Å². The molecule has 144 valence electrons. The SMILES string of the molecule is CC(C)CC(C(=O)Nc1n[nH]c(C(F)(F)F)n1)N1Cc2ccccc2C1=O. The summed E-state index contributed by atoms with van der Waals surface area (Å²) in [7, 11) is 0. The van der Waals surface area contributed by atoms with Gasteiger partial charge in [-0.25, -0.2) is 0 Å². The van der Waals surface area contributed by atoms with Gasteiger partial charge in [0.25, 0.3) is 5.91 Å². The fourth-order valence-corrected chi connectivity index (χ4v) is 2.99. The van der Waals surface area contributed by atoms with Crippen LogP contribution in [0.15, 0.2) is 24.3 Å². The predicted octanol–water partition coefficient (Wildman–Crippen LogP) is 2.83. The van der Waals surface area contributed by atoms with E-state index in [0.717, 1.165) is 5.56 Å². The van der Waals surface area contributed by atoms with Gasteiger partial charge in [-0.2, -0.15) is 18.2 Å². The third-order valence-corrected chi connectivity index (χ3v) is 4.21. The van der Waals surface area contributed by atoms with E-state index in [0.29, 0.717) is 12.0 Å². The van der Waals surface area contributed by atoms with Gasteiger partial charge in [0.05, 0.1) is 0 Å². The fraction of sp³-hybridized carbons (Fsp3) is 0.412. The third kappa shape index (κ3) is 3.93. The average molecular weight is 381 g/mol. The van der Waals surface area contributed by atoms with Crippen LogP contribution >= 0.6 is 0 Å². The Kier molecular flexibility index (Phi) is 4.90. The first kappa shape index (κ1) is 18.9. The molecule has 1 aromatic heterocycles. The Morgan fingerprint density at radius 1 is 1.33 bits per heavy atom. The molecule has 0 bridgehead atoms. The summed E-state index contributed by atoms with van der Waals surface area (Å²) in [6.45, 7) is 4.05. The van der Waals surface area contributed by atoms with Crippen LogP contribution in [0.5, 0.6) is 0 Å². The van der Waals surface area contributed by atoms with E-state index in [1.807, 2.05) is 19.9 Å². The van der Waals surface area contributed by atoms with Crippen molar-refractivity contribution in [3.63, 3.8) is 0 Å². The molecule has 0 saturated heterocycles. The lowest BCUT2D eigenvalue weighted by Crippen LogP contribution is -2.45. The highest BCUT2D eigenvalue weighted by Gasteiger charge is 2.38. The first-order valence-corrected chi connectivity index (χ1v) is 8.36. The van der Waals surface area contributed by atoms with E-state index >= 15 is 0 Å². The smallest absolute Gasteiger partial charge is 0.322 e. The molecular formula is C17H18F3N5O2. The van der Waals surface area contributed by atoms with Crippen molar-refractivity contribution >= 4 is 17.8 Å². The van der Waals surface area contributed by atoms with Gasteiger partial charge in [0, 0.05) is 12.1 Å². The van der Waals surface area contributed by atoms with E-state index in [1.165, 1.54) is 4.90 Å². The van der Waals surface area contributed by atoms with Gasteiger partial charge in [-0.1, -0.05) is 32.0 Å². The Bertz CT molecular complexity index is 862. The van der Waals surface area contributed by atoms with Crippen molar-refractivity contribution in [1.29, 1.82) is 0 Å². The van der Waals surface area contributed by atoms with E-state index in [4.69, 9.17) is 0 Å². The van der Waals surface area contributed by atoms with Crippen LogP contribution in [-0.4, -0.2) is 37.9 Å². The molecule has 1 aliphatic rings. The van der Waals surface area contributed by atoms with Gasteiger partial charge in [0.2, 0.25) is 17.7 Å². The quantitative estimate of drug-likeness (QED) is 0.833. The lowest BCUT2D eigenvalue weighted by molar-refractivity contribution is -0.144. The number of nitrogens with zero attached hydrogens (tertiary/aromatic N) is 3. The Morgan fingerprint density at radius 2 is 2.04 bits per heavy atom. The Labute approximate surface area is 153 Å². The maximum atomic E-state index is 12.7. The number of benzene rings is 1. The molecule has 0 spiro atoms.